The molecular weight excluding hydrogens is 347 g/mol. The van der Waals surface area contributed by atoms with Crippen molar-refractivity contribution >= 4 is 51.7 Å². The fraction of sp³-hybridized carbons (Fsp3) is 0. The second-order valence-corrected chi connectivity index (χ2v) is 5.61. The van der Waals surface area contributed by atoms with E-state index in [1.165, 1.54) is 12.1 Å². The van der Waals surface area contributed by atoms with E-state index in [9.17, 15) is 9.90 Å². The zero-order valence-corrected chi connectivity index (χ0v) is 13.1. The lowest BCUT2D eigenvalue weighted by Crippen LogP contribution is -2.22. The van der Waals surface area contributed by atoms with E-state index in [1.807, 2.05) is 6.07 Å². The summed E-state index contributed by atoms with van der Waals surface area (Å²) in [6, 6.07) is 7.97. The highest BCUT2D eigenvalue weighted by Gasteiger charge is 2.15. The van der Waals surface area contributed by atoms with Crippen LogP contribution in [0.4, 0.5) is 0 Å². The summed E-state index contributed by atoms with van der Waals surface area (Å²) < 4.78 is 0. The van der Waals surface area contributed by atoms with Gasteiger partial charge in [-0.05, 0) is 30.3 Å². The predicted octanol–water partition coefficient (Wildman–Crippen LogP) is 3.62. The minimum Gasteiger partial charge on any atom is -0.545 e. The van der Waals surface area contributed by atoms with Gasteiger partial charge in [0.15, 0.2) is 0 Å². The lowest BCUT2D eigenvalue weighted by molar-refractivity contribution is -0.255. The summed E-state index contributed by atoms with van der Waals surface area (Å²) in [4.78, 5) is 19.3. The molecule has 0 aliphatic rings. The van der Waals surface area contributed by atoms with Crippen LogP contribution in [0.5, 0.6) is 0 Å². The van der Waals surface area contributed by atoms with Gasteiger partial charge in [-0.1, -0.05) is 34.8 Å². The quantitative estimate of drug-likeness (QED) is 0.661. The molecule has 4 nitrogen and oxygen atoms in total. The number of aromatic nitrogens is 2. The van der Waals surface area contributed by atoms with Gasteiger partial charge in [0.2, 0.25) is 0 Å². The first-order valence-electron chi connectivity index (χ1n) is 6.10. The van der Waals surface area contributed by atoms with Crippen molar-refractivity contribution in [1.82, 2.24) is 9.97 Å². The highest BCUT2D eigenvalue weighted by atomic mass is 35.5. The zero-order valence-electron chi connectivity index (χ0n) is 10.8. The number of fused-ring (bicyclic) bond motifs is 1. The minimum absolute atomic E-state index is 0.174. The maximum Gasteiger partial charge on any atom is 0.138 e. The molecule has 7 heteroatoms. The van der Waals surface area contributed by atoms with Crippen molar-refractivity contribution in [3.05, 3.63) is 57.3 Å². The van der Waals surface area contributed by atoms with E-state index in [-0.39, 0.29) is 10.7 Å². The molecule has 0 atom stereocenters. The monoisotopic (exact) mass is 351 g/mol. The molecule has 0 aliphatic heterocycles. The molecule has 0 N–H and O–H groups in total. The summed E-state index contributed by atoms with van der Waals surface area (Å²) in [6.45, 7) is 0. The average molecular weight is 353 g/mol. The smallest absolute Gasteiger partial charge is 0.138 e. The molecule has 0 saturated heterocycles. The maximum absolute atomic E-state index is 10.9. The number of hydrogen-bond donors (Lipinski definition) is 0. The first-order valence-corrected chi connectivity index (χ1v) is 7.23. The summed E-state index contributed by atoms with van der Waals surface area (Å²) in [5.74, 6) is -1.39. The molecular formula is C15H6Cl3N2O2-. The molecule has 2 heterocycles. The molecule has 0 unspecified atom stereocenters. The van der Waals surface area contributed by atoms with Crippen LogP contribution in [0.15, 0.2) is 36.5 Å². The molecule has 110 valence electrons. The highest BCUT2D eigenvalue weighted by molar-refractivity contribution is 6.40. The third-order valence-electron chi connectivity index (χ3n) is 3.12. The molecule has 22 heavy (non-hydrogen) atoms. The lowest BCUT2D eigenvalue weighted by Gasteiger charge is -2.11. The average Bonchev–Trinajstić information content (AvgIpc) is 2.47. The molecule has 0 amide bonds. The number of hydrogen-bond acceptors (Lipinski definition) is 4. The number of rotatable bonds is 2. The van der Waals surface area contributed by atoms with Crippen LogP contribution >= 0.6 is 34.8 Å². The van der Waals surface area contributed by atoms with Gasteiger partial charge < -0.3 is 9.90 Å². The normalized spacial score (nSPS) is 10.9. The van der Waals surface area contributed by atoms with E-state index in [2.05, 4.69) is 9.97 Å². The van der Waals surface area contributed by atoms with Crippen LogP contribution in [0, 0.1) is 0 Å². The van der Waals surface area contributed by atoms with Crippen LogP contribution in [0.25, 0.3) is 22.2 Å². The van der Waals surface area contributed by atoms with Crippen LogP contribution in [0.1, 0.15) is 10.4 Å². The molecule has 2 aromatic heterocycles. The van der Waals surface area contributed by atoms with Crippen molar-refractivity contribution in [2.45, 2.75) is 0 Å². The Labute approximate surface area is 140 Å². The molecule has 0 radical (unpaired) electrons. The summed E-state index contributed by atoms with van der Waals surface area (Å²) >= 11 is 18.3. The first kappa shape index (κ1) is 15.0. The molecule has 3 rings (SSSR count). The van der Waals surface area contributed by atoms with E-state index in [4.69, 9.17) is 34.8 Å². The Morgan fingerprint density at radius 1 is 1.09 bits per heavy atom. The number of carboxylic acid groups (broad SMARTS) is 1. The molecule has 0 bridgehead atoms. The van der Waals surface area contributed by atoms with E-state index in [0.717, 1.165) is 0 Å². The topological polar surface area (TPSA) is 65.9 Å². The summed E-state index contributed by atoms with van der Waals surface area (Å²) in [5.41, 5.74) is 1.31. The molecule has 1 aromatic carbocycles. The number of carbonyl (C=O) groups is 1. The van der Waals surface area contributed by atoms with E-state index in [1.54, 1.807) is 18.3 Å². The molecule has 3 aromatic rings. The third kappa shape index (κ3) is 2.50. The molecule has 0 saturated carbocycles. The van der Waals surface area contributed by atoms with Crippen molar-refractivity contribution in [2.24, 2.45) is 0 Å². The number of pyridine rings is 2. The van der Waals surface area contributed by atoms with Crippen molar-refractivity contribution in [2.75, 3.05) is 0 Å². The van der Waals surface area contributed by atoms with E-state index >= 15 is 0 Å². The first-order chi connectivity index (χ1) is 10.5. The second kappa shape index (κ2) is 5.72. The van der Waals surface area contributed by atoms with Crippen LogP contribution < -0.4 is 5.11 Å². The molecule has 0 spiro atoms. The van der Waals surface area contributed by atoms with Crippen LogP contribution in [-0.4, -0.2) is 15.9 Å². The van der Waals surface area contributed by atoms with Gasteiger partial charge in [0.05, 0.1) is 27.2 Å². The van der Waals surface area contributed by atoms with Gasteiger partial charge in [-0.25, -0.2) is 4.98 Å². The molecule has 0 fully saturated rings. The van der Waals surface area contributed by atoms with Gasteiger partial charge >= 0.3 is 0 Å². The Morgan fingerprint density at radius 3 is 2.55 bits per heavy atom. The van der Waals surface area contributed by atoms with Crippen LogP contribution in [-0.2, 0) is 0 Å². The SMILES string of the molecule is O=C([O-])c1ccc(-c2c(Cl)cc(Cl)c3cccnc23)nc1Cl. The lowest BCUT2D eigenvalue weighted by atomic mass is 10.1. The van der Waals surface area contributed by atoms with Gasteiger partial charge in [0.25, 0.3) is 0 Å². The van der Waals surface area contributed by atoms with Crippen molar-refractivity contribution in [3.8, 4) is 11.3 Å². The Hall–Kier alpha value is -1.88. The third-order valence-corrected chi connectivity index (χ3v) is 4.02. The van der Waals surface area contributed by atoms with Gasteiger partial charge in [0, 0.05) is 22.7 Å². The number of carbonyl (C=O) groups excluding carboxylic acids is 1. The minimum atomic E-state index is -1.39. The number of aromatic carboxylic acids is 1. The van der Waals surface area contributed by atoms with Gasteiger partial charge in [0.1, 0.15) is 5.15 Å². The van der Waals surface area contributed by atoms with E-state index < -0.39 is 5.97 Å². The fourth-order valence-electron chi connectivity index (χ4n) is 2.14. The van der Waals surface area contributed by atoms with Crippen molar-refractivity contribution in [3.63, 3.8) is 0 Å². The Bertz CT molecular complexity index is 913. The van der Waals surface area contributed by atoms with Crippen molar-refractivity contribution in [1.29, 1.82) is 0 Å². The Kier molecular flexibility index (Phi) is 3.91. The summed E-state index contributed by atoms with van der Waals surface area (Å²) in [7, 11) is 0. The summed E-state index contributed by atoms with van der Waals surface area (Å²) in [6.07, 6.45) is 1.61. The number of halogens is 3. The van der Waals surface area contributed by atoms with Crippen LogP contribution in [0.3, 0.4) is 0 Å². The Balaban J connectivity index is 2.31. The van der Waals surface area contributed by atoms with E-state index in [0.29, 0.717) is 32.2 Å². The number of benzene rings is 1. The highest BCUT2D eigenvalue weighted by Crippen LogP contribution is 2.37. The zero-order chi connectivity index (χ0) is 15.9. The number of nitrogens with zero attached hydrogens (tertiary/aromatic N) is 2. The number of carboxylic acids is 1. The molecule has 0 aliphatic carbocycles. The van der Waals surface area contributed by atoms with Gasteiger partial charge in [-0.2, -0.15) is 0 Å². The largest absolute Gasteiger partial charge is 0.545 e. The second-order valence-electron chi connectivity index (χ2n) is 4.44. The predicted molar refractivity (Wildman–Crippen MR) is 84.3 cm³/mol. The van der Waals surface area contributed by atoms with Crippen molar-refractivity contribution < 1.29 is 9.90 Å². The maximum atomic E-state index is 10.9. The van der Waals surface area contributed by atoms with Gasteiger partial charge in [-0.3, -0.25) is 4.98 Å². The van der Waals surface area contributed by atoms with Crippen LogP contribution in [0.2, 0.25) is 15.2 Å². The van der Waals surface area contributed by atoms with Gasteiger partial charge in [-0.15, -0.1) is 0 Å². The fourth-order valence-corrected chi connectivity index (χ4v) is 2.99. The Morgan fingerprint density at radius 2 is 1.86 bits per heavy atom. The standard InChI is InChI=1S/C15H7Cl3N2O2/c16-9-6-10(17)12(13-7(9)2-1-5-19-13)11-4-3-8(15(21)22)14(18)20-11/h1-6H,(H,21,22)/p-1. The summed E-state index contributed by atoms with van der Waals surface area (Å²) in [5, 5.41) is 12.3.